The van der Waals surface area contributed by atoms with Crippen LogP contribution >= 0.6 is 0 Å². The minimum Gasteiger partial charge on any atom is -0.434 e. The van der Waals surface area contributed by atoms with Gasteiger partial charge in [-0.05, 0) is 25.8 Å². The van der Waals surface area contributed by atoms with E-state index in [-0.39, 0.29) is 40.6 Å². The normalized spacial score (nSPS) is 11.1. The Labute approximate surface area is 148 Å². The van der Waals surface area contributed by atoms with Gasteiger partial charge in [-0.1, -0.05) is 13.8 Å². The van der Waals surface area contributed by atoms with Gasteiger partial charge < -0.3 is 15.5 Å². The number of nitrogens with zero attached hydrogens (tertiary/aromatic N) is 2. The highest BCUT2D eigenvalue weighted by atomic mass is 16.6. The van der Waals surface area contributed by atoms with Crippen LogP contribution in [0.3, 0.4) is 0 Å². The summed E-state index contributed by atoms with van der Waals surface area (Å²) in [7, 11) is 0. The molecule has 0 saturated heterocycles. The Balaban J connectivity index is 2.93. The number of hydrogen-bond donors (Lipinski definition) is 2. The first-order chi connectivity index (χ1) is 12.2. The molecule has 1 aromatic heterocycles. The SMILES string of the molecule is Cc1c([N+](=O)[O-])cc(C(C)C)c2oc(NCCCN)c([N+](=O)[O-])c(=O)c12. The molecule has 3 N–H and O–H groups in total. The number of benzene rings is 1. The summed E-state index contributed by atoms with van der Waals surface area (Å²) < 4.78 is 5.67. The van der Waals surface area contributed by atoms with E-state index in [9.17, 15) is 25.0 Å². The molecule has 140 valence electrons. The fraction of sp³-hybridized carbons (Fsp3) is 0.438. The Hall–Kier alpha value is -3.01. The summed E-state index contributed by atoms with van der Waals surface area (Å²) in [6.45, 7) is 5.61. The zero-order valence-electron chi connectivity index (χ0n) is 14.7. The van der Waals surface area contributed by atoms with Gasteiger partial charge in [-0.3, -0.25) is 25.0 Å². The maximum atomic E-state index is 12.8. The van der Waals surface area contributed by atoms with Crippen molar-refractivity contribution < 1.29 is 14.3 Å². The molecule has 0 aliphatic rings. The van der Waals surface area contributed by atoms with Crippen molar-refractivity contribution >= 4 is 28.2 Å². The van der Waals surface area contributed by atoms with Gasteiger partial charge in [0.2, 0.25) is 0 Å². The number of fused-ring (bicyclic) bond motifs is 1. The number of nitro benzene ring substituents is 1. The van der Waals surface area contributed by atoms with Crippen molar-refractivity contribution in [2.24, 2.45) is 5.73 Å². The van der Waals surface area contributed by atoms with Crippen LogP contribution in [-0.2, 0) is 0 Å². The summed E-state index contributed by atoms with van der Waals surface area (Å²) >= 11 is 0. The Bertz CT molecular complexity index is 935. The van der Waals surface area contributed by atoms with Crippen molar-refractivity contribution in [2.45, 2.75) is 33.1 Å². The molecular weight excluding hydrogens is 344 g/mol. The average molecular weight is 364 g/mol. The first-order valence-corrected chi connectivity index (χ1v) is 8.07. The molecule has 0 aliphatic carbocycles. The predicted octanol–water partition coefficient (Wildman–Crippen LogP) is 2.80. The van der Waals surface area contributed by atoms with E-state index in [2.05, 4.69) is 5.32 Å². The van der Waals surface area contributed by atoms with E-state index in [0.717, 1.165) is 0 Å². The Morgan fingerprint density at radius 1 is 1.27 bits per heavy atom. The van der Waals surface area contributed by atoms with E-state index in [1.54, 1.807) is 13.8 Å². The largest absolute Gasteiger partial charge is 0.434 e. The number of nitrogens with two attached hydrogens (primary N) is 1. The molecule has 10 nitrogen and oxygen atoms in total. The number of hydrogen-bond acceptors (Lipinski definition) is 8. The van der Waals surface area contributed by atoms with Crippen LogP contribution < -0.4 is 16.5 Å². The topological polar surface area (TPSA) is 155 Å². The number of nitro groups is 2. The number of rotatable bonds is 7. The molecule has 0 unspecified atom stereocenters. The molecule has 0 aliphatic heterocycles. The monoisotopic (exact) mass is 364 g/mol. The molecule has 10 heteroatoms. The first-order valence-electron chi connectivity index (χ1n) is 8.07. The summed E-state index contributed by atoms with van der Waals surface area (Å²) in [5.41, 5.74) is 4.06. The molecule has 1 heterocycles. The molecule has 0 amide bonds. The van der Waals surface area contributed by atoms with Gasteiger partial charge in [0, 0.05) is 23.7 Å². The highest BCUT2D eigenvalue weighted by molar-refractivity contribution is 5.90. The fourth-order valence-electron chi connectivity index (χ4n) is 2.73. The lowest BCUT2D eigenvalue weighted by Crippen LogP contribution is -2.16. The molecule has 26 heavy (non-hydrogen) atoms. The van der Waals surface area contributed by atoms with Gasteiger partial charge in [0.05, 0.1) is 15.2 Å². The zero-order chi connectivity index (χ0) is 19.6. The second-order valence-electron chi connectivity index (χ2n) is 6.16. The van der Waals surface area contributed by atoms with Crippen molar-refractivity contribution in [2.75, 3.05) is 18.4 Å². The first kappa shape index (κ1) is 19.3. The standard InChI is InChI=1S/C16H20N4O6/c1-8(2)10-7-11(19(22)23)9(3)12-14(21)13(20(24)25)16(26-15(10)12)18-6-4-5-17/h7-8,18H,4-6,17H2,1-3H3. The minimum atomic E-state index is -0.908. The average Bonchev–Trinajstić information content (AvgIpc) is 2.53. The Morgan fingerprint density at radius 2 is 1.92 bits per heavy atom. The van der Waals surface area contributed by atoms with Crippen molar-refractivity contribution in [1.82, 2.24) is 0 Å². The lowest BCUT2D eigenvalue weighted by Gasteiger charge is -2.13. The van der Waals surface area contributed by atoms with Crippen molar-refractivity contribution in [3.63, 3.8) is 0 Å². The van der Waals surface area contributed by atoms with E-state index in [4.69, 9.17) is 10.2 Å². The quantitative estimate of drug-likeness (QED) is 0.431. The molecule has 0 radical (unpaired) electrons. The summed E-state index contributed by atoms with van der Waals surface area (Å²) in [5.74, 6) is -0.464. The lowest BCUT2D eigenvalue weighted by molar-refractivity contribution is -0.386. The van der Waals surface area contributed by atoms with Crippen LogP contribution in [0.5, 0.6) is 0 Å². The summed E-state index contributed by atoms with van der Waals surface area (Å²) in [5, 5.41) is 25.3. The van der Waals surface area contributed by atoms with Crippen LogP contribution in [0, 0.1) is 27.2 Å². The maximum Gasteiger partial charge on any atom is 0.376 e. The van der Waals surface area contributed by atoms with Crippen LogP contribution in [0.25, 0.3) is 11.0 Å². The van der Waals surface area contributed by atoms with Crippen LogP contribution in [0.15, 0.2) is 15.3 Å². The fourth-order valence-corrected chi connectivity index (χ4v) is 2.73. The van der Waals surface area contributed by atoms with Gasteiger partial charge in [0.15, 0.2) is 0 Å². The highest BCUT2D eigenvalue weighted by Crippen LogP contribution is 2.36. The van der Waals surface area contributed by atoms with Crippen LogP contribution in [0.4, 0.5) is 17.3 Å². The van der Waals surface area contributed by atoms with Gasteiger partial charge in [0.25, 0.3) is 17.0 Å². The highest BCUT2D eigenvalue weighted by Gasteiger charge is 2.30. The van der Waals surface area contributed by atoms with E-state index in [0.29, 0.717) is 18.5 Å². The summed E-state index contributed by atoms with van der Waals surface area (Å²) in [6, 6.07) is 1.35. The van der Waals surface area contributed by atoms with Crippen molar-refractivity contribution in [3.05, 3.63) is 47.6 Å². The van der Waals surface area contributed by atoms with E-state index < -0.39 is 21.0 Å². The second kappa shape index (κ2) is 7.48. The number of aryl methyl sites for hydroxylation is 1. The molecule has 1 aromatic carbocycles. The van der Waals surface area contributed by atoms with Gasteiger partial charge in [-0.25, -0.2) is 0 Å². The molecule has 0 bridgehead atoms. The van der Waals surface area contributed by atoms with Gasteiger partial charge >= 0.3 is 5.69 Å². The van der Waals surface area contributed by atoms with E-state index in [1.165, 1.54) is 13.0 Å². The number of nitrogens with one attached hydrogen (secondary N) is 1. The minimum absolute atomic E-state index is 0.0414. The molecule has 0 saturated carbocycles. The molecule has 0 spiro atoms. The Morgan fingerprint density at radius 3 is 2.42 bits per heavy atom. The van der Waals surface area contributed by atoms with Gasteiger partial charge in [-0.15, -0.1) is 0 Å². The van der Waals surface area contributed by atoms with Crippen LogP contribution in [0.2, 0.25) is 0 Å². The molecule has 0 atom stereocenters. The third-order valence-corrected chi connectivity index (χ3v) is 4.07. The third-order valence-electron chi connectivity index (χ3n) is 4.07. The molecular formula is C16H20N4O6. The molecule has 2 aromatic rings. The molecule has 0 fully saturated rings. The van der Waals surface area contributed by atoms with Crippen molar-refractivity contribution in [3.8, 4) is 0 Å². The Kier molecular flexibility index (Phi) is 5.56. The van der Waals surface area contributed by atoms with Crippen molar-refractivity contribution in [1.29, 1.82) is 0 Å². The smallest absolute Gasteiger partial charge is 0.376 e. The third kappa shape index (κ3) is 3.36. The van der Waals surface area contributed by atoms with Gasteiger partial charge in [-0.2, -0.15) is 0 Å². The molecule has 2 rings (SSSR count). The zero-order valence-corrected chi connectivity index (χ0v) is 14.7. The van der Waals surface area contributed by atoms with E-state index in [1.807, 2.05) is 0 Å². The second-order valence-corrected chi connectivity index (χ2v) is 6.16. The van der Waals surface area contributed by atoms with Crippen LogP contribution in [0.1, 0.15) is 37.3 Å². The van der Waals surface area contributed by atoms with Gasteiger partial charge in [0.1, 0.15) is 5.58 Å². The summed E-state index contributed by atoms with van der Waals surface area (Å²) in [6.07, 6.45) is 0.523. The number of anilines is 1. The lowest BCUT2D eigenvalue weighted by atomic mass is 9.96. The predicted molar refractivity (Wildman–Crippen MR) is 96.8 cm³/mol. The van der Waals surface area contributed by atoms with Crippen LogP contribution in [-0.4, -0.2) is 22.9 Å². The van der Waals surface area contributed by atoms with E-state index >= 15 is 0 Å². The maximum absolute atomic E-state index is 12.8. The summed E-state index contributed by atoms with van der Waals surface area (Å²) in [4.78, 5) is 34.1.